The molecule has 0 heterocycles. The zero-order valence-corrected chi connectivity index (χ0v) is 13.9. The maximum Gasteiger partial charge on any atom is 0.243 e. The highest BCUT2D eigenvalue weighted by Gasteiger charge is 2.22. The van der Waals surface area contributed by atoms with Crippen molar-refractivity contribution in [2.75, 3.05) is 0 Å². The molecule has 0 atom stereocenters. The first-order valence-electron chi connectivity index (χ1n) is 7.34. The minimum Gasteiger partial charge on any atom is -0.310 e. The molecule has 6 heteroatoms. The molecule has 0 aliphatic rings. The van der Waals surface area contributed by atoms with Crippen LogP contribution in [0.2, 0.25) is 0 Å². The van der Waals surface area contributed by atoms with E-state index in [0.717, 1.165) is 5.56 Å². The highest BCUT2D eigenvalue weighted by molar-refractivity contribution is 7.89. The molecule has 1 aromatic carbocycles. The van der Waals surface area contributed by atoms with Crippen LogP contribution in [0.25, 0.3) is 0 Å². The summed E-state index contributed by atoms with van der Waals surface area (Å²) in [7, 11) is -3.83. The van der Waals surface area contributed by atoms with Gasteiger partial charge in [0.2, 0.25) is 10.0 Å². The Bertz CT molecular complexity index is 555. The van der Waals surface area contributed by atoms with Crippen LogP contribution in [0.4, 0.5) is 4.39 Å². The van der Waals surface area contributed by atoms with E-state index in [9.17, 15) is 12.8 Å². The smallest absolute Gasteiger partial charge is 0.243 e. The Hall–Kier alpha value is -0.980. The molecule has 0 bridgehead atoms. The van der Waals surface area contributed by atoms with E-state index in [1.54, 1.807) is 6.07 Å². The van der Waals surface area contributed by atoms with Gasteiger partial charge >= 0.3 is 0 Å². The zero-order valence-electron chi connectivity index (χ0n) is 13.1. The molecule has 2 N–H and O–H groups in total. The van der Waals surface area contributed by atoms with Crippen molar-refractivity contribution >= 4 is 10.0 Å². The number of rotatable bonds is 8. The molecular weight excluding hydrogens is 291 g/mol. The van der Waals surface area contributed by atoms with Gasteiger partial charge < -0.3 is 5.32 Å². The molecular formula is C15H25FN2O2S. The van der Waals surface area contributed by atoms with Crippen molar-refractivity contribution in [2.45, 2.75) is 64.1 Å². The van der Waals surface area contributed by atoms with Crippen LogP contribution in [0.3, 0.4) is 0 Å². The fourth-order valence-corrected chi connectivity index (χ4v) is 3.45. The number of nitrogens with one attached hydrogen (secondary N) is 2. The van der Waals surface area contributed by atoms with E-state index in [1.807, 2.05) is 27.7 Å². The molecule has 1 rings (SSSR count). The lowest BCUT2D eigenvalue weighted by atomic mass is 10.2. The summed E-state index contributed by atoms with van der Waals surface area (Å²) in [6, 6.07) is 4.30. The summed E-state index contributed by atoms with van der Waals surface area (Å²) in [5.41, 5.74) is 0.745. The average Bonchev–Trinajstić information content (AvgIpc) is 2.43. The molecule has 1 aromatic rings. The van der Waals surface area contributed by atoms with Crippen molar-refractivity contribution in [3.63, 3.8) is 0 Å². The Morgan fingerprint density at radius 2 is 1.81 bits per heavy atom. The predicted molar refractivity (Wildman–Crippen MR) is 83.1 cm³/mol. The van der Waals surface area contributed by atoms with E-state index in [-0.39, 0.29) is 17.0 Å². The van der Waals surface area contributed by atoms with Gasteiger partial charge in [-0.2, -0.15) is 0 Å². The maximum atomic E-state index is 13.9. The van der Waals surface area contributed by atoms with Gasteiger partial charge in [-0.25, -0.2) is 17.5 Å². The molecule has 0 saturated heterocycles. The molecule has 0 aliphatic heterocycles. The summed E-state index contributed by atoms with van der Waals surface area (Å²) in [6.45, 7) is 8.29. The van der Waals surface area contributed by atoms with Crippen molar-refractivity contribution in [3.05, 3.63) is 29.6 Å². The lowest BCUT2D eigenvalue weighted by molar-refractivity contribution is 0.519. The van der Waals surface area contributed by atoms with E-state index in [1.165, 1.54) is 12.1 Å². The maximum absolute atomic E-state index is 13.9. The molecule has 0 aromatic heterocycles. The van der Waals surface area contributed by atoms with Crippen molar-refractivity contribution in [2.24, 2.45) is 0 Å². The van der Waals surface area contributed by atoms with Gasteiger partial charge in [-0.3, -0.25) is 0 Å². The van der Waals surface area contributed by atoms with Crippen molar-refractivity contribution in [1.82, 2.24) is 10.0 Å². The summed E-state index contributed by atoms with van der Waals surface area (Å²) in [4.78, 5) is -0.280. The van der Waals surface area contributed by atoms with Crippen LogP contribution >= 0.6 is 0 Å². The Morgan fingerprint density at radius 3 is 2.33 bits per heavy atom. The third kappa shape index (κ3) is 5.37. The third-order valence-corrected chi connectivity index (χ3v) is 4.84. The van der Waals surface area contributed by atoms with Crippen molar-refractivity contribution < 1.29 is 12.8 Å². The first-order chi connectivity index (χ1) is 9.80. The molecule has 120 valence electrons. The van der Waals surface area contributed by atoms with Gasteiger partial charge in [-0.15, -0.1) is 0 Å². The Morgan fingerprint density at radius 1 is 1.19 bits per heavy atom. The Labute approximate surface area is 127 Å². The van der Waals surface area contributed by atoms with Crippen LogP contribution in [0, 0.1) is 5.82 Å². The molecule has 0 aliphatic carbocycles. The number of sulfonamides is 1. The highest BCUT2D eigenvalue weighted by atomic mass is 32.2. The van der Waals surface area contributed by atoms with E-state index in [0.29, 0.717) is 19.4 Å². The monoisotopic (exact) mass is 316 g/mol. The molecule has 0 spiro atoms. The van der Waals surface area contributed by atoms with Gasteiger partial charge in [-0.1, -0.05) is 33.8 Å². The fraction of sp³-hybridized carbons (Fsp3) is 0.600. The molecule has 0 amide bonds. The summed E-state index contributed by atoms with van der Waals surface area (Å²) in [5.74, 6) is -0.721. The second-order valence-corrected chi connectivity index (χ2v) is 7.12. The minimum absolute atomic E-state index is 0.174. The van der Waals surface area contributed by atoms with Crippen LogP contribution in [0.5, 0.6) is 0 Å². The SMILES string of the molecule is CCC(CC)NS(=O)(=O)c1cc(CNC(C)C)ccc1F. The van der Waals surface area contributed by atoms with Crippen LogP contribution in [-0.2, 0) is 16.6 Å². The van der Waals surface area contributed by atoms with E-state index in [2.05, 4.69) is 10.0 Å². The highest BCUT2D eigenvalue weighted by Crippen LogP contribution is 2.17. The lowest BCUT2D eigenvalue weighted by Gasteiger charge is -2.16. The largest absolute Gasteiger partial charge is 0.310 e. The standard InChI is InChI=1S/C15H25FN2O2S/c1-5-13(6-2)18-21(19,20)15-9-12(7-8-14(15)16)10-17-11(3)4/h7-9,11,13,17-18H,5-6,10H2,1-4H3. The molecule has 4 nitrogen and oxygen atoms in total. The van der Waals surface area contributed by atoms with E-state index < -0.39 is 15.8 Å². The molecule has 0 radical (unpaired) electrons. The molecule has 21 heavy (non-hydrogen) atoms. The van der Waals surface area contributed by atoms with Crippen LogP contribution in [0.1, 0.15) is 46.1 Å². The van der Waals surface area contributed by atoms with Crippen LogP contribution in [0.15, 0.2) is 23.1 Å². The zero-order chi connectivity index (χ0) is 16.0. The number of hydrogen-bond donors (Lipinski definition) is 2. The number of benzene rings is 1. The van der Waals surface area contributed by atoms with Gasteiger partial charge in [0.1, 0.15) is 10.7 Å². The molecule has 0 unspecified atom stereocenters. The van der Waals surface area contributed by atoms with Gasteiger partial charge in [0.05, 0.1) is 0 Å². The topological polar surface area (TPSA) is 58.2 Å². The summed E-state index contributed by atoms with van der Waals surface area (Å²) >= 11 is 0. The molecule has 0 fully saturated rings. The Kier molecular flexibility index (Phi) is 6.77. The second-order valence-electron chi connectivity index (χ2n) is 5.44. The third-order valence-electron chi connectivity index (χ3n) is 3.31. The first kappa shape index (κ1) is 18.1. The van der Waals surface area contributed by atoms with E-state index >= 15 is 0 Å². The predicted octanol–water partition coefficient (Wildman–Crippen LogP) is 2.79. The summed E-state index contributed by atoms with van der Waals surface area (Å²) in [5, 5.41) is 3.19. The van der Waals surface area contributed by atoms with Crippen LogP contribution < -0.4 is 10.0 Å². The fourth-order valence-electron chi connectivity index (χ4n) is 1.92. The summed E-state index contributed by atoms with van der Waals surface area (Å²) in [6.07, 6.45) is 1.35. The van der Waals surface area contributed by atoms with Crippen LogP contribution in [-0.4, -0.2) is 20.5 Å². The first-order valence-corrected chi connectivity index (χ1v) is 8.82. The number of halogens is 1. The van der Waals surface area contributed by atoms with Crippen molar-refractivity contribution in [3.8, 4) is 0 Å². The average molecular weight is 316 g/mol. The summed E-state index contributed by atoms with van der Waals surface area (Å²) < 4.78 is 41.0. The normalized spacial score (nSPS) is 12.3. The van der Waals surface area contributed by atoms with E-state index in [4.69, 9.17) is 0 Å². The van der Waals surface area contributed by atoms with Gasteiger partial charge in [-0.05, 0) is 30.5 Å². The second kappa shape index (κ2) is 7.87. The lowest BCUT2D eigenvalue weighted by Crippen LogP contribution is -2.34. The van der Waals surface area contributed by atoms with Gasteiger partial charge in [0, 0.05) is 18.6 Å². The van der Waals surface area contributed by atoms with Crippen molar-refractivity contribution in [1.29, 1.82) is 0 Å². The molecule has 0 saturated carbocycles. The Balaban J connectivity index is 3.02. The minimum atomic E-state index is -3.83. The number of hydrogen-bond acceptors (Lipinski definition) is 3. The van der Waals surface area contributed by atoms with Gasteiger partial charge in [0.25, 0.3) is 0 Å². The quantitative estimate of drug-likeness (QED) is 0.775. The van der Waals surface area contributed by atoms with Gasteiger partial charge in [0.15, 0.2) is 0 Å².